The number of hydrogen-bond donors (Lipinski definition) is 1. The monoisotopic (exact) mass is 344 g/mol. The number of pyridine rings is 1. The van der Waals surface area contributed by atoms with Crippen molar-refractivity contribution < 1.29 is 0 Å². The van der Waals surface area contributed by atoms with E-state index in [0.717, 1.165) is 31.9 Å². The second-order valence-corrected chi connectivity index (χ2v) is 7.00. The molecular formula is C19H32N6. The van der Waals surface area contributed by atoms with Crippen LogP contribution in [0.25, 0.3) is 0 Å². The molecule has 0 amide bonds. The van der Waals surface area contributed by atoms with Gasteiger partial charge in [0.05, 0.1) is 5.69 Å². The second-order valence-electron chi connectivity index (χ2n) is 7.00. The molecule has 0 bridgehead atoms. The Morgan fingerprint density at radius 3 is 2.56 bits per heavy atom. The van der Waals surface area contributed by atoms with E-state index >= 15 is 0 Å². The summed E-state index contributed by atoms with van der Waals surface area (Å²) in [6, 6.07) is 6.01. The van der Waals surface area contributed by atoms with E-state index in [1.807, 2.05) is 36.1 Å². The van der Waals surface area contributed by atoms with Gasteiger partial charge in [-0.25, -0.2) is 4.98 Å². The molecule has 2 aromatic rings. The average Bonchev–Trinajstić information content (AvgIpc) is 2.92. The van der Waals surface area contributed by atoms with Crippen LogP contribution in [0.1, 0.15) is 37.4 Å². The highest BCUT2D eigenvalue weighted by Gasteiger charge is 2.19. The Bertz CT molecular complexity index is 647. The summed E-state index contributed by atoms with van der Waals surface area (Å²) in [4.78, 5) is 8.71. The lowest BCUT2D eigenvalue weighted by molar-refractivity contribution is 0.637. The molecule has 0 aliphatic heterocycles. The fourth-order valence-corrected chi connectivity index (χ4v) is 3.12. The zero-order chi connectivity index (χ0) is 18.4. The molecule has 2 aromatic heterocycles. The molecule has 0 radical (unpaired) electrons. The summed E-state index contributed by atoms with van der Waals surface area (Å²) >= 11 is 0. The third-order valence-corrected chi connectivity index (χ3v) is 4.30. The molecule has 0 fully saturated rings. The summed E-state index contributed by atoms with van der Waals surface area (Å²) in [6.45, 7) is 7.20. The standard InChI is InChI=1S/C19H32N6/c1-15(2)18-16(19(23(3)4)25(6)22-18)14-20-11-9-13-24(5)17-10-7-8-12-21-17/h7-8,10,12,15,20H,9,11,13-14H2,1-6H3. The summed E-state index contributed by atoms with van der Waals surface area (Å²) in [5, 5.41) is 8.30. The maximum Gasteiger partial charge on any atom is 0.130 e. The van der Waals surface area contributed by atoms with Gasteiger partial charge in [-0.3, -0.25) is 4.68 Å². The van der Waals surface area contributed by atoms with Crippen LogP contribution in [0.2, 0.25) is 0 Å². The number of anilines is 2. The minimum absolute atomic E-state index is 0.423. The van der Waals surface area contributed by atoms with E-state index < -0.39 is 0 Å². The maximum absolute atomic E-state index is 4.72. The first-order valence-electron chi connectivity index (χ1n) is 8.97. The molecule has 0 aromatic carbocycles. The molecule has 0 unspecified atom stereocenters. The molecule has 0 aliphatic rings. The van der Waals surface area contributed by atoms with Crippen LogP contribution in [0.5, 0.6) is 0 Å². The normalized spacial score (nSPS) is 11.2. The topological polar surface area (TPSA) is 49.2 Å². The fraction of sp³-hybridized carbons (Fsp3) is 0.579. The van der Waals surface area contributed by atoms with Gasteiger partial charge in [0.2, 0.25) is 0 Å². The van der Waals surface area contributed by atoms with Crippen LogP contribution in [0.15, 0.2) is 24.4 Å². The van der Waals surface area contributed by atoms with Gasteiger partial charge in [-0.15, -0.1) is 0 Å². The van der Waals surface area contributed by atoms with Crippen molar-refractivity contribution in [3.8, 4) is 0 Å². The lowest BCUT2D eigenvalue weighted by Crippen LogP contribution is -2.25. The first kappa shape index (κ1) is 19.2. The molecule has 2 rings (SSSR count). The van der Waals surface area contributed by atoms with E-state index in [0.29, 0.717) is 5.92 Å². The molecule has 1 N–H and O–H groups in total. The van der Waals surface area contributed by atoms with E-state index in [-0.39, 0.29) is 0 Å². The van der Waals surface area contributed by atoms with Crippen molar-refractivity contribution in [2.24, 2.45) is 7.05 Å². The smallest absolute Gasteiger partial charge is 0.130 e. The van der Waals surface area contributed by atoms with E-state index in [2.05, 4.69) is 55.1 Å². The van der Waals surface area contributed by atoms with Crippen molar-refractivity contribution in [3.63, 3.8) is 0 Å². The van der Waals surface area contributed by atoms with Gasteiger partial charge in [0, 0.05) is 53.0 Å². The Balaban J connectivity index is 1.87. The number of nitrogens with zero attached hydrogens (tertiary/aromatic N) is 5. The molecule has 0 atom stereocenters. The number of hydrogen-bond acceptors (Lipinski definition) is 5. The van der Waals surface area contributed by atoms with Gasteiger partial charge in [0.1, 0.15) is 11.6 Å². The summed E-state index contributed by atoms with van der Waals surface area (Å²) in [7, 11) is 8.26. The SMILES string of the molecule is CC(C)c1nn(C)c(N(C)C)c1CNCCCN(C)c1ccccn1. The van der Waals surface area contributed by atoms with Crippen LogP contribution in [0.4, 0.5) is 11.6 Å². The van der Waals surface area contributed by atoms with E-state index in [1.54, 1.807) is 0 Å². The van der Waals surface area contributed by atoms with Crippen molar-refractivity contribution in [1.82, 2.24) is 20.1 Å². The van der Waals surface area contributed by atoms with E-state index in [1.165, 1.54) is 17.1 Å². The summed E-state index contributed by atoms with van der Waals surface area (Å²) in [6.07, 6.45) is 2.91. The Kier molecular flexibility index (Phi) is 6.82. The molecule has 6 nitrogen and oxygen atoms in total. The minimum Gasteiger partial charge on any atom is -0.363 e. The van der Waals surface area contributed by atoms with Crippen molar-refractivity contribution in [2.75, 3.05) is 44.0 Å². The largest absolute Gasteiger partial charge is 0.363 e. The van der Waals surface area contributed by atoms with Crippen LogP contribution < -0.4 is 15.1 Å². The average molecular weight is 345 g/mol. The van der Waals surface area contributed by atoms with Crippen LogP contribution in [0, 0.1) is 0 Å². The lowest BCUT2D eigenvalue weighted by atomic mass is 10.1. The highest BCUT2D eigenvalue weighted by Crippen LogP contribution is 2.26. The molecule has 25 heavy (non-hydrogen) atoms. The number of nitrogens with one attached hydrogen (secondary N) is 1. The molecule has 0 saturated heterocycles. The molecular weight excluding hydrogens is 312 g/mol. The van der Waals surface area contributed by atoms with Crippen LogP contribution in [-0.2, 0) is 13.6 Å². The van der Waals surface area contributed by atoms with Gasteiger partial charge in [0.15, 0.2) is 0 Å². The molecule has 2 heterocycles. The Labute approximate surface area is 151 Å². The van der Waals surface area contributed by atoms with Crippen molar-refractivity contribution in [2.45, 2.75) is 32.7 Å². The zero-order valence-electron chi connectivity index (χ0n) is 16.5. The van der Waals surface area contributed by atoms with Crippen LogP contribution in [0.3, 0.4) is 0 Å². The quantitative estimate of drug-likeness (QED) is 0.709. The van der Waals surface area contributed by atoms with E-state index in [9.17, 15) is 0 Å². The Morgan fingerprint density at radius 1 is 1.20 bits per heavy atom. The van der Waals surface area contributed by atoms with Gasteiger partial charge >= 0.3 is 0 Å². The van der Waals surface area contributed by atoms with Gasteiger partial charge < -0.3 is 15.1 Å². The highest BCUT2D eigenvalue weighted by molar-refractivity contribution is 5.50. The van der Waals surface area contributed by atoms with Gasteiger partial charge in [-0.1, -0.05) is 19.9 Å². The molecule has 138 valence electrons. The van der Waals surface area contributed by atoms with Gasteiger partial charge in [-0.05, 0) is 31.0 Å². The summed E-state index contributed by atoms with van der Waals surface area (Å²) < 4.78 is 1.99. The predicted octanol–water partition coefficient (Wildman–Crippen LogP) is 2.62. The first-order chi connectivity index (χ1) is 11.9. The van der Waals surface area contributed by atoms with Crippen LogP contribution in [-0.4, -0.2) is 49.0 Å². The highest BCUT2D eigenvalue weighted by atomic mass is 15.4. The number of aryl methyl sites for hydroxylation is 1. The number of aromatic nitrogens is 3. The molecule has 6 heteroatoms. The molecule has 0 saturated carbocycles. The van der Waals surface area contributed by atoms with Crippen molar-refractivity contribution in [1.29, 1.82) is 0 Å². The minimum atomic E-state index is 0.423. The lowest BCUT2D eigenvalue weighted by Gasteiger charge is -2.18. The summed E-state index contributed by atoms with van der Waals surface area (Å²) in [5.74, 6) is 2.63. The summed E-state index contributed by atoms with van der Waals surface area (Å²) in [5.41, 5.74) is 2.49. The molecule has 0 aliphatic carbocycles. The van der Waals surface area contributed by atoms with Crippen molar-refractivity contribution in [3.05, 3.63) is 35.7 Å². The zero-order valence-corrected chi connectivity index (χ0v) is 16.5. The third kappa shape index (κ3) is 4.95. The van der Waals surface area contributed by atoms with Gasteiger partial charge in [-0.2, -0.15) is 5.10 Å². The second kappa shape index (κ2) is 8.85. The molecule has 0 spiro atoms. The van der Waals surface area contributed by atoms with E-state index in [4.69, 9.17) is 5.10 Å². The third-order valence-electron chi connectivity index (χ3n) is 4.30. The predicted molar refractivity (Wildman–Crippen MR) is 105 cm³/mol. The van der Waals surface area contributed by atoms with Gasteiger partial charge in [0.25, 0.3) is 0 Å². The Hall–Kier alpha value is -2.08. The van der Waals surface area contributed by atoms with Crippen LogP contribution >= 0.6 is 0 Å². The fourth-order valence-electron chi connectivity index (χ4n) is 3.12. The maximum atomic E-state index is 4.72. The van der Waals surface area contributed by atoms with Crippen molar-refractivity contribution >= 4 is 11.6 Å². The Morgan fingerprint density at radius 2 is 1.96 bits per heavy atom. The first-order valence-corrected chi connectivity index (χ1v) is 8.97. The number of rotatable bonds is 9.